The van der Waals surface area contributed by atoms with Gasteiger partial charge in [0.05, 0.1) is 11.9 Å². The summed E-state index contributed by atoms with van der Waals surface area (Å²) in [5.41, 5.74) is 0.864. The van der Waals surface area contributed by atoms with Gasteiger partial charge in [0, 0.05) is 39.4 Å². The first-order valence-electron chi connectivity index (χ1n) is 9.14. The predicted molar refractivity (Wildman–Crippen MR) is 115 cm³/mol. The highest BCUT2D eigenvalue weighted by Crippen LogP contribution is 2.19. The summed E-state index contributed by atoms with van der Waals surface area (Å²) in [6.07, 6.45) is 11.6. The summed E-state index contributed by atoms with van der Waals surface area (Å²) in [6.45, 7) is 5.47. The first kappa shape index (κ1) is 20.7. The van der Waals surface area contributed by atoms with Gasteiger partial charge in [-0.05, 0) is 32.1 Å². The van der Waals surface area contributed by atoms with E-state index in [0.717, 1.165) is 44.1 Å². The Bertz CT molecular complexity index is 656. The highest BCUT2D eigenvalue weighted by atomic mass is 127. The molecule has 0 bridgehead atoms. The molecule has 1 aliphatic carbocycles. The van der Waals surface area contributed by atoms with Crippen LogP contribution in [0.4, 0.5) is 5.69 Å². The van der Waals surface area contributed by atoms with Crippen molar-refractivity contribution < 1.29 is 4.79 Å². The van der Waals surface area contributed by atoms with Crippen LogP contribution in [0, 0.1) is 5.92 Å². The van der Waals surface area contributed by atoms with Crippen molar-refractivity contribution in [3.05, 3.63) is 24.5 Å². The monoisotopic (exact) mass is 472 g/mol. The smallest absolute Gasteiger partial charge is 0.246 e. The summed E-state index contributed by atoms with van der Waals surface area (Å²) < 4.78 is 1.72. The lowest BCUT2D eigenvalue weighted by atomic mass is 9.95. The van der Waals surface area contributed by atoms with Crippen molar-refractivity contribution >= 4 is 41.5 Å². The molecule has 0 radical (unpaired) electrons. The number of amides is 1. The minimum Gasteiger partial charge on any atom is -0.357 e. The molecule has 144 valence electrons. The van der Waals surface area contributed by atoms with E-state index in [1.54, 1.807) is 15.8 Å². The zero-order valence-corrected chi connectivity index (χ0v) is 17.9. The minimum absolute atomic E-state index is 0. The largest absolute Gasteiger partial charge is 0.357 e. The Hall–Kier alpha value is -1.58. The average Bonchev–Trinajstić information content (AvgIpc) is 3.05. The third kappa shape index (κ3) is 5.21. The summed E-state index contributed by atoms with van der Waals surface area (Å²) in [4.78, 5) is 21.3. The predicted octanol–water partition coefficient (Wildman–Crippen LogP) is 2.01. The Morgan fingerprint density at radius 2 is 2.23 bits per heavy atom. The number of hydrogen-bond acceptors (Lipinski definition) is 3. The number of anilines is 1. The Morgan fingerprint density at radius 1 is 1.38 bits per heavy atom. The summed E-state index contributed by atoms with van der Waals surface area (Å²) in [6, 6.07) is 0. The zero-order chi connectivity index (χ0) is 17.6. The Labute approximate surface area is 172 Å². The molecular formula is C18H29IN6O. The second-order valence-corrected chi connectivity index (χ2v) is 6.68. The number of carbonyl (C=O) groups excluding carboxylic acids is 1. The van der Waals surface area contributed by atoms with Gasteiger partial charge in [-0.25, -0.2) is 0 Å². The van der Waals surface area contributed by atoms with Gasteiger partial charge in [-0.15, -0.1) is 24.0 Å². The van der Waals surface area contributed by atoms with Gasteiger partial charge in [-0.3, -0.25) is 14.5 Å². The molecule has 8 heteroatoms. The summed E-state index contributed by atoms with van der Waals surface area (Å²) >= 11 is 0. The fraction of sp³-hybridized carbons (Fsp3) is 0.611. The molecule has 1 aromatic rings. The van der Waals surface area contributed by atoms with Gasteiger partial charge in [0.25, 0.3) is 0 Å². The number of piperazine rings is 1. The molecule has 0 aromatic carbocycles. The quantitative estimate of drug-likeness (QED) is 0.315. The first-order valence-corrected chi connectivity index (χ1v) is 9.14. The van der Waals surface area contributed by atoms with E-state index in [2.05, 4.69) is 34.4 Å². The second-order valence-electron chi connectivity index (χ2n) is 6.68. The molecular weight excluding hydrogens is 443 g/mol. The highest BCUT2D eigenvalue weighted by Gasteiger charge is 2.27. The van der Waals surface area contributed by atoms with Crippen LogP contribution in [0.15, 0.2) is 29.5 Å². The maximum Gasteiger partial charge on any atom is 0.246 e. The average molecular weight is 472 g/mol. The molecule has 1 aliphatic heterocycles. The van der Waals surface area contributed by atoms with Crippen molar-refractivity contribution in [3.63, 3.8) is 0 Å². The Kier molecular flexibility index (Phi) is 7.92. The molecule has 1 saturated heterocycles. The summed E-state index contributed by atoms with van der Waals surface area (Å²) in [5, 5.41) is 7.50. The normalized spacial score (nSPS) is 20.9. The number of aromatic nitrogens is 2. The van der Waals surface area contributed by atoms with Crippen LogP contribution in [-0.4, -0.2) is 59.3 Å². The lowest BCUT2D eigenvalue weighted by Crippen LogP contribution is -2.55. The number of aryl methyl sites for hydroxylation is 1. The van der Waals surface area contributed by atoms with Crippen molar-refractivity contribution in [2.45, 2.75) is 26.2 Å². The summed E-state index contributed by atoms with van der Waals surface area (Å²) in [5.74, 6) is 1.56. The lowest BCUT2D eigenvalue weighted by molar-refractivity contribution is -0.120. The van der Waals surface area contributed by atoms with E-state index in [1.165, 1.54) is 6.42 Å². The van der Waals surface area contributed by atoms with Crippen molar-refractivity contribution in [1.29, 1.82) is 0 Å². The molecule has 0 saturated carbocycles. The number of halogens is 1. The van der Waals surface area contributed by atoms with Crippen LogP contribution in [0.2, 0.25) is 0 Å². The van der Waals surface area contributed by atoms with Gasteiger partial charge in [0.2, 0.25) is 5.91 Å². The van der Waals surface area contributed by atoms with Crippen LogP contribution in [0.25, 0.3) is 0 Å². The van der Waals surface area contributed by atoms with Crippen molar-refractivity contribution in [3.8, 4) is 0 Å². The number of carbonyl (C=O) groups is 1. The van der Waals surface area contributed by atoms with Crippen molar-refractivity contribution in [2.24, 2.45) is 18.0 Å². The number of nitrogens with zero attached hydrogens (tertiary/aromatic N) is 5. The number of rotatable bonds is 4. The molecule has 26 heavy (non-hydrogen) atoms. The van der Waals surface area contributed by atoms with Crippen LogP contribution in [0.3, 0.4) is 0 Å². The molecule has 7 nitrogen and oxygen atoms in total. The molecule has 0 spiro atoms. The van der Waals surface area contributed by atoms with E-state index in [1.807, 2.05) is 13.2 Å². The van der Waals surface area contributed by atoms with Crippen molar-refractivity contribution in [2.75, 3.05) is 37.6 Å². The molecule has 1 atom stereocenters. The van der Waals surface area contributed by atoms with Crippen LogP contribution < -0.4 is 10.2 Å². The SMILES string of the molecule is CCNC(=NCC1CC=CCC1)N1CCN(c2cnn(C)c2)C(=O)C1.I. The van der Waals surface area contributed by atoms with Gasteiger partial charge >= 0.3 is 0 Å². The molecule has 2 aliphatic rings. The first-order chi connectivity index (χ1) is 12.2. The van der Waals surface area contributed by atoms with E-state index in [9.17, 15) is 4.79 Å². The van der Waals surface area contributed by atoms with Crippen LogP contribution in [0.5, 0.6) is 0 Å². The van der Waals surface area contributed by atoms with Gasteiger partial charge in [-0.2, -0.15) is 5.10 Å². The summed E-state index contributed by atoms with van der Waals surface area (Å²) in [7, 11) is 1.86. The zero-order valence-electron chi connectivity index (χ0n) is 15.6. The molecule has 2 heterocycles. The van der Waals surface area contributed by atoms with E-state index in [4.69, 9.17) is 4.99 Å². The van der Waals surface area contributed by atoms with Gasteiger partial charge in [0.15, 0.2) is 5.96 Å². The Morgan fingerprint density at radius 3 is 2.85 bits per heavy atom. The lowest BCUT2D eigenvalue weighted by Gasteiger charge is -2.35. The van der Waals surface area contributed by atoms with Crippen LogP contribution >= 0.6 is 24.0 Å². The van der Waals surface area contributed by atoms with Crippen molar-refractivity contribution in [1.82, 2.24) is 20.0 Å². The van der Waals surface area contributed by atoms with Crippen LogP contribution in [-0.2, 0) is 11.8 Å². The highest BCUT2D eigenvalue weighted by molar-refractivity contribution is 14.0. The Balaban J connectivity index is 0.00000243. The van der Waals surface area contributed by atoms with E-state index < -0.39 is 0 Å². The van der Waals surface area contributed by atoms with Crippen LogP contribution in [0.1, 0.15) is 26.2 Å². The number of nitrogens with one attached hydrogen (secondary N) is 1. The number of aliphatic imine (C=N–C) groups is 1. The molecule has 1 amide bonds. The molecule has 1 unspecified atom stereocenters. The van der Waals surface area contributed by atoms with E-state index >= 15 is 0 Å². The molecule has 1 fully saturated rings. The number of guanidine groups is 1. The molecule has 3 rings (SSSR count). The van der Waals surface area contributed by atoms with Gasteiger partial charge in [0.1, 0.15) is 6.54 Å². The minimum atomic E-state index is 0. The third-order valence-electron chi connectivity index (χ3n) is 4.73. The van der Waals surface area contributed by atoms with Gasteiger partial charge in [-0.1, -0.05) is 12.2 Å². The topological polar surface area (TPSA) is 65.8 Å². The fourth-order valence-corrected chi connectivity index (χ4v) is 3.34. The maximum atomic E-state index is 12.6. The fourth-order valence-electron chi connectivity index (χ4n) is 3.34. The van der Waals surface area contributed by atoms with E-state index in [0.29, 0.717) is 19.0 Å². The standard InChI is InChI=1S/C18H28N6O.HI/c1-3-19-18(20-11-15-7-5-4-6-8-15)23-9-10-24(17(25)14-23)16-12-21-22(2)13-16;/h4-5,12-13,15H,3,6-11,14H2,1-2H3,(H,19,20);1H. The molecule has 1 aromatic heterocycles. The van der Waals surface area contributed by atoms with Gasteiger partial charge < -0.3 is 15.1 Å². The third-order valence-corrected chi connectivity index (χ3v) is 4.73. The van der Waals surface area contributed by atoms with E-state index in [-0.39, 0.29) is 29.9 Å². The second kappa shape index (κ2) is 9.94. The number of allylic oxidation sites excluding steroid dienone is 2. The number of hydrogen-bond donors (Lipinski definition) is 1. The maximum absolute atomic E-state index is 12.6. The molecule has 1 N–H and O–H groups in total.